The smallest absolute Gasteiger partial charge is 0.253 e. The zero-order valence-electron chi connectivity index (χ0n) is 16.0. The molecule has 1 aromatic heterocycles. The number of aromatic nitrogens is 1. The highest BCUT2D eigenvalue weighted by atomic mass is 16.5. The lowest BCUT2D eigenvalue weighted by molar-refractivity contribution is 0.324. The van der Waals surface area contributed by atoms with E-state index in [4.69, 9.17) is 14.2 Å². The van der Waals surface area contributed by atoms with Crippen molar-refractivity contribution in [2.75, 3.05) is 26.6 Å². The predicted molar refractivity (Wildman–Crippen MR) is 107 cm³/mol. The summed E-state index contributed by atoms with van der Waals surface area (Å²) in [6.07, 6.45) is 0.952. The van der Waals surface area contributed by atoms with E-state index >= 15 is 0 Å². The average molecular weight is 368 g/mol. The largest absolute Gasteiger partial charge is 0.493 e. The molecule has 0 aliphatic carbocycles. The van der Waals surface area contributed by atoms with Gasteiger partial charge < -0.3 is 24.5 Å². The molecule has 0 radical (unpaired) electrons. The molecule has 3 aromatic rings. The van der Waals surface area contributed by atoms with Crippen LogP contribution in [0.25, 0.3) is 10.9 Å². The van der Waals surface area contributed by atoms with Crippen molar-refractivity contribution in [3.63, 3.8) is 0 Å². The molecule has 0 aliphatic rings. The van der Waals surface area contributed by atoms with Gasteiger partial charge in [0, 0.05) is 35.4 Å². The molecule has 2 aromatic carbocycles. The highest BCUT2D eigenvalue weighted by molar-refractivity contribution is 5.79. The number of aryl methyl sites for hydroxylation is 1. The van der Waals surface area contributed by atoms with Crippen LogP contribution in [0.5, 0.6) is 17.2 Å². The summed E-state index contributed by atoms with van der Waals surface area (Å²) < 4.78 is 16.1. The molecule has 6 heteroatoms. The van der Waals surface area contributed by atoms with Gasteiger partial charge in [0.25, 0.3) is 5.56 Å². The summed E-state index contributed by atoms with van der Waals surface area (Å²) in [5.41, 5.74) is 3.40. The van der Waals surface area contributed by atoms with Gasteiger partial charge in [-0.2, -0.15) is 0 Å². The van der Waals surface area contributed by atoms with Gasteiger partial charge >= 0.3 is 0 Å². The van der Waals surface area contributed by atoms with Crippen LogP contribution in [-0.2, 0) is 13.0 Å². The third-order valence-corrected chi connectivity index (χ3v) is 4.54. The Hall–Kier alpha value is -3.15. The number of aromatic amines is 1. The summed E-state index contributed by atoms with van der Waals surface area (Å²) in [5.74, 6) is 1.64. The highest BCUT2D eigenvalue weighted by Gasteiger charge is 2.13. The lowest BCUT2D eigenvalue weighted by Gasteiger charge is -2.15. The summed E-state index contributed by atoms with van der Waals surface area (Å²) in [5, 5.41) is 4.28. The molecule has 0 unspecified atom stereocenters. The molecule has 2 N–H and O–H groups in total. The molecule has 0 amide bonds. The number of rotatable bonds is 7. The number of hydrogen-bond donors (Lipinski definition) is 2. The molecule has 3 rings (SSSR count). The molecule has 0 bridgehead atoms. The number of benzene rings is 2. The maximum Gasteiger partial charge on any atom is 0.253 e. The fourth-order valence-electron chi connectivity index (χ4n) is 3.03. The van der Waals surface area contributed by atoms with E-state index in [0.717, 1.165) is 23.0 Å². The summed E-state index contributed by atoms with van der Waals surface area (Å²) in [6.45, 7) is 2.49. The second-order valence-electron chi connectivity index (χ2n) is 6.17. The number of hydrogen-bond acceptors (Lipinski definition) is 5. The number of fused-ring (bicyclic) bond motifs is 1. The SMILES string of the molecule is CCc1ccc2[nH]c(=O)c(CNc3cc(OC)c(OC)c(OC)c3)cc2c1. The first-order valence-corrected chi connectivity index (χ1v) is 8.78. The van der Waals surface area contributed by atoms with Crippen molar-refractivity contribution in [2.45, 2.75) is 19.9 Å². The Kier molecular flexibility index (Phi) is 5.54. The van der Waals surface area contributed by atoms with Gasteiger partial charge in [0.05, 0.1) is 21.3 Å². The van der Waals surface area contributed by atoms with Crippen molar-refractivity contribution in [1.82, 2.24) is 4.98 Å². The normalized spacial score (nSPS) is 10.7. The maximum atomic E-state index is 12.4. The van der Waals surface area contributed by atoms with E-state index in [1.807, 2.05) is 30.3 Å². The van der Waals surface area contributed by atoms with Crippen LogP contribution in [0.3, 0.4) is 0 Å². The van der Waals surface area contributed by atoms with E-state index in [-0.39, 0.29) is 5.56 Å². The quantitative estimate of drug-likeness (QED) is 0.665. The summed E-state index contributed by atoms with van der Waals surface area (Å²) in [4.78, 5) is 15.3. The fraction of sp³-hybridized carbons (Fsp3) is 0.286. The topological polar surface area (TPSA) is 72.6 Å². The van der Waals surface area contributed by atoms with Crippen LogP contribution in [0.15, 0.2) is 41.2 Å². The van der Waals surface area contributed by atoms with E-state index in [0.29, 0.717) is 29.4 Å². The third-order valence-electron chi connectivity index (χ3n) is 4.54. The maximum absolute atomic E-state index is 12.4. The van der Waals surface area contributed by atoms with Crippen LogP contribution < -0.4 is 25.1 Å². The molecule has 6 nitrogen and oxygen atoms in total. The summed E-state index contributed by atoms with van der Waals surface area (Å²) >= 11 is 0. The molecule has 0 aliphatic heterocycles. The summed E-state index contributed by atoms with van der Waals surface area (Å²) in [7, 11) is 4.70. The van der Waals surface area contributed by atoms with Crippen molar-refractivity contribution in [1.29, 1.82) is 0 Å². The molecule has 1 heterocycles. The van der Waals surface area contributed by atoms with Gasteiger partial charge in [0.15, 0.2) is 11.5 Å². The van der Waals surface area contributed by atoms with Crippen molar-refractivity contribution < 1.29 is 14.2 Å². The monoisotopic (exact) mass is 368 g/mol. The van der Waals surface area contributed by atoms with E-state index in [9.17, 15) is 4.79 Å². The zero-order chi connectivity index (χ0) is 19.4. The molecule has 0 saturated heterocycles. The van der Waals surface area contributed by atoms with Gasteiger partial charge in [-0.1, -0.05) is 13.0 Å². The van der Waals surface area contributed by atoms with Gasteiger partial charge in [-0.25, -0.2) is 0 Å². The Morgan fingerprint density at radius 3 is 2.26 bits per heavy atom. The molecule has 0 saturated carbocycles. The van der Waals surface area contributed by atoms with Crippen LogP contribution in [0.2, 0.25) is 0 Å². The fourth-order valence-corrected chi connectivity index (χ4v) is 3.03. The lowest BCUT2D eigenvalue weighted by atomic mass is 10.1. The molecule has 0 atom stereocenters. The standard InChI is InChI=1S/C21H24N2O4/c1-5-13-6-7-17-14(8-13)9-15(21(24)23-17)12-22-16-10-18(25-2)20(27-4)19(11-16)26-3/h6-11,22H,5,12H2,1-4H3,(H,23,24). The highest BCUT2D eigenvalue weighted by Crippen LogP contribution is 2.40. The first-order valence-electron chi connectivity index (χ1n) is 8.78. The number of anilines is 1. The number of H-pyrrole nitrogens is 1. The van der Waals surface area contributed by atoms with E-state index in [1.165, 1.54) is 5.56 Å². The Morgan fingerprint density at radius 1 is 0.963 bits per heavy atom. The minimum atomic E-state index is -0.105. The predicted octanol–water partition coefficient (Wildman–Crippen LogP) is 3.73. The van der Waals surface area contributed by atoms with Gasteiger partial charge in [-0.05, 0) is 35.6 Å². The molecular weight excluding hydrogens is 344 g/mol. The minimum absolute atomic E-state index is 0.105. The number of ether oxygens (including phenoxy) is 3. The van der Waals surface area contributed by atoms with Crippen molar-refractivity contribution in [3.8, 4) is 17.2 Å². The summed E-state index contributed by atoms with van der Waals surface area (Å²) in [6, 6.07) is 11.6. The first kappa shape index (κ1) is 18.6. The first-order chi connectivity index (χ1) is 13.1. The second kappa shape index (κ2) is 8.03. The number of pyridine rings is 1. The Bertz CT molecular complexity index is 986. The Labute approximate surface area is 158 Å². The van der Waals surface area contributed by atoms with Crippen LogP contribution in [-0.4, -0.2) is 26.3 Å². The van der Waals surface area contributed by atoms with E-state index < -0.39 is 0 Å². The van der Waals surface area contributed by atoms with Gasteiger partial charge in [-0.15, -0.1) is 0 Å². The van der Waals surface area contributed by atoms with Crippen LogP contribution in [0.4, 0.5) is 5.69 Å². The van der Waals surface area contributed by atoms with Gasteiger partial charge in [-0.3, -0.25) is 4.79 Å². The molecule has 0 spiro atoms. The average Bonchev–Trinajstić information content (AvgIpc) is 2.70. The molecule has 0 fully saturated rings. The third kappa shape index (κ3) is 3.84. The number of methoxy groups -OCH3 is 3. The molecule has 142 valence electrons. The van der Waals surface area contributed by atoms with Crippen molar-refractivity contribution in [3.05, 3.63) is 57.9 Å². The molecule has 27 heavy (non-hydrogen) atoms. The van der Waals surface area contributed by atoms with Gasteiger partial charge in [0.2, 0.25) is 5.75 Å². The minimum Gasteiger partial charge on any atom is -0.493 e. The van der Waals surface area contributed by atoms with Crippen LogP contribution in [0, 0.1) is 0 Å². The molecular formula is C21H24N2O4. The Balaban J connectivity index is 1.90. The van der Waals surface area contributed by atoms with Crippen LogP contribution >= 0.6 is 0 Å². The lowest BCUT2D eigenvalue weighted by Crippen LogP contribution is -2.15. The van der Waals surface area contributed by atoms with Crippen molar-refractivity contribution >= 4 is 16.6 Å². The van der Waals surface area contributed by atoms with E-state index in [1.54, 1.807) is 21.3 Å². The second-order valence-corrected chi connectivity index (χ2v) is 6.17. The van der Waals surface area contributed by atoms with Gasteiger partial charge in [0.1, 0.15) is 0 Å². The zero-order valence-corrected chi connectivity index (χ0v) is 16.0. The number of nitrogens with one attached hydrogen (secondary N) is 2. The van der Waals surface area contributed by atoms with E-state index in [2.05, 4.69) is 23.3 Å². The Morgan fingerprint density at radius 2 is 1.67 bits per heavy atom. The van der Waals surface area contributed by atoms with Crippen LogP contribution in [0.1, 0.15) is 18.1 Å². The van der Waals surface area contributed by atoms with Crippen molar-refractivity contribution in [2.24, 2.45) is 0 Å².